The van der Waals surface area contributed by atoms with Crippen LogP contribution in [-0.4, -0.2) is 14.9 Å². The predicted octanol–water partition coefficient (Wildman–Crippen LogP) is 0.589. The van der Waals surface area contributed by atoms with E-state index in [-0.39, 0.29) is 6.73 Å². The van der Waals surface area contributed by atoms with E-state index in [0.717, 1.165) is 10.9 Å². The molecule has 84 valence electrons. The van der Waals surface area contributed by atoms with E-state index in [0.29, 0.717) is 0 Å². The summed E-state index contributed by atoms with van der Waals surface area (Å²) in [6, 6.07) is 9.23. The average molecular weight is 241 g/mol. The first kappa shape index (κ1) is 11.2. The maximum absolute atomic E-state index is 10.5. The summed E-state index contributed by atoms with van der Waals surface area (Å²) in [6.07, 6.45) is 1.60. The van der Waals surface area contributed by atoms with Gasteiger partial charge in [-0.15, -0.1) is 0 Å². The van der Waals surface area contributed by atoms with Crippen LogP contribution in [0.5, 0.6) is 0 Å². The number of nitrogens with zero attached hydrogens (tertiary/aromatic N) is 2. The Morgan fingerprint density at radius 3 is 2.81 bits per heavy atom. The van der Waals surface area contributed by atoms with Gasteiger partial charge in [-0.2, -0.15) is 0 Å². The monoisotopic (exact) mass is 241 g/mol. The number of aromatic nitrogens is 2. The van der Waals surface area contributed by atoms with Gasteiger partial charge < -0.3 is 9.79 Å². The van der Waals surface area contributed by atoms with Gasteiger partial charge in [-0.1, -0.05) is 22.9 Å². The first-order valence-electron chi connectivity index (χ1n) is 4.50. The standard InChI is InChI=1S/C9H9N2O4P/c12-16(13,14)15-7-11-6-5-8-3-1-2-4-9(8)10-11/h1-6H,7H2,(H-,12,13,14)/p+1. The Morgan fingerprint density at radius 1 is 1.31 bits per heavy atom. The molecule has 0 fully saturated rings. The van der Waals surface area contributed by atoms with Crippen molar-refractivity contribution in [1.29, 1.82) is 0 Å². The van der Waals surface area contributed by atoms with Crippen LogP contribution in [0, 0.1) is 0 Å². The second-order valence-corrected chi connectivity index (χ2v) is 4.40. The zero-order valence-electron chi connectivity index (χ0n) is 8.22. The number of phosphoric ester groups is 1. The van der Waals surface area contributed by atoms with Crippen LogP contribution >= 0.6 is 7.82 Å². The van der Waals surface area contributed by atoms with Crippen LogP contribution in [0.15, 0.2) is 36.5 Å². The minimum absolute atomic E-state index is 0.283. The minimum atomic E-state index is -4.45. The molecule has 0 aliphatic carbocycles. The van der Waals surface area contributed by atoms with Crippen molar-refractivity contribution in [3.8, 4) is 0 Å². The normalized spacial score (nSPS) is 11.9. The Balaban J connectivity index is 2.23. The van der Waals surface area contributed by atoms with Gasteiger partial charge in [-0.25, -0.2) is 9.09 Å². The fraction of sp³-hybridized carbons (Fsp3) is 0.111. The van der Waals surface area contributed by atoms with Gasteiger partial charge in [0, 0.05) is 16.6 Å². The van der Waals surface area contributed by atoms with Crippen molar-refractivity contribution in [1.82, 2.24) is 5.10 Å². The van der Waals surface area contributed by atoms with E-state index in [1.807, 2.05) is 24.3 Å². The molecule has 7 heteroatoms. The highest BCUT2D eigenvalue weighted by atomic mass is 31.2. The molecular formula is C9H10N2O4P+. The molecule has 0 amide bonds. The van der Waals surface area contributed by atoms with Crippen molar-refractivity contribution in [2.45, 2.75) is 6.73 Å². The lowest BCUT2D eigenvalue weighted by atomic mass is 10.2. The highest BCUT2D eigenvalue weighted by Gasteiger charge is 2.17. The molecule has 1 aromatic heterocycles. The van der Waals surface area contributed by atoms with Gasteiger partial charge in [0.1, 0.15) is 5.52 Å². The first-order valence-corrected chi connectivity index (χ1v) is 6.03. The average Bonchev–Trinajstić information content (AvgIpc) is 2.25. The molecule has 1 aromatic carbocycles. The molecule has 0 spiro atoms. The molecule has 0 aliphatic heterocycles. The van der Waals surface area contributed by atoms with Crippen molar-refractivity contribution in [2.75, 3.05) is 0 Å². The predicted molar refractivity (Wildman–Crippen MR) is 55.1 cm³/mol. The largest absolute Gasteiger partial charge is 0.474 e. The molecule has 0 radical (unpaired) electrons. The summed E-state index contributed by atoms with van der Waals surface area (Å²) >= 11 is 0. The topological polar surface area (TPSA) is 83.5 Å². The summed E-state index contributed by atoms with van der Waals surface area (Å²) in [7, 11) is -4.45. The van der Waals surface area contributed by atoms with E-state index in [1.165, 1.54) is 4.68 Å². The highest BCUT2D eigenvalue weighted by Crippen LogP contribution is 2.35. The third-order valence-electron chi connectivity index (χ3n) is 1.96. The molecule has 2 N–H and O–H groups in total. The Kier molecular flexibility index (Phi) is 2.98. The van der Waals surface area contributed by atoms with Crippen LogP contribution in [0.25, 0.3) is 10.9 Å². The first-order chi connectivity index (χ1) is 7.54. The molecule has 1 heterocycles. The van der Waals surface area contributed by atoms with E-state index in [1.54, 1.807) is 12.3 Å². The second-order valence-electron chi connectivity index (χ2n) is 3.16. The van der Waals surface area contributed by atoms with Gasteiger partial charge in [-0.05, 0) is 6.07 Å². The second kappa shape index (κ2) is 4.27. The molecular weight excluding hydrogens is 231 g/mol. The molecule has 2 rings (SSSR count). The number of phosphoric acid groups is 1. The van der Waals surface area contributed by atoms with Crippen molar-refractivity contribution in [2.24, 2.45) is 0 Å². The van der Waals surface area contributed by atoms with E-state index in [9.17, 15) is 4.57 Å². The molecule has 2 aromatic rings. The maximum atomic E-state index is 10.5. The van der Waals surface area contributed by atoms with Crippen LogP contribution in [0.4, 0.5) is 0 Å². The van der Waals surface area contributed by atoms with Crippen LogP contribution in [0.1, 0.15) is 0 Å². The van der Waals surface area contributed by atoms with Crippen molar-refractivity contribution < 1.29 is 23.6 Å². The van der Waals surface area contributed by atoms with E-state index >= 15 is 0 Å². The summed E-state index contributed by atoms with van der Waals surface area (Å²) in [4.78, 5) is 17.1. The lowest BCUT2D eigenvalue weighted by molar-refractivity contribution is -0.777. The lowest BCUT2D eigenvalue weighted by Crippen LogP contribution is -2.38. The Morgan fingerprint density at radius 2 is 2.06 bits per heavy atom. The summed E-state index contributed by atoms with van der Waals surface area (Å²) in [5, 5.41) is 5.08. The molecule has 0 atom stereocenters. The van der Waals surface area contributed by atoms with Gasteiger partial charge in [-0.3, -0.25) is 0 Å². The molecule has 16 heavy (non-hydrogen) atoms. The molecule has 0 saturated heterocycles. The van der Waals surface area contributed by atoms with Gasteiger partial charge in [0.25, 0.3) is 6.73 Å². The minimum Gasteiger partial charge on any atom is -0.303 e. The molecule has 0 bridgehead atoms. The Hall–Kier alpha value is -1.33. The SMILES string of the molecule is O=P(O)(O)OC[n+]1ccc2ccccc2n1. The fourth-order valence-electron chi connectivity index (χ4n) is 1.26. The van der Waals surface area contributed by atoms with Crippen LogP contribution in [-0.2, 0) is 15.8 Å². The van der Waals surface area contributed by atoms with Gasteiger partial charge in [0.05, 0.1) is 0 Å². The highest BCUT2D eigenvalue weighted by molar-refractivity contribution is 7.46. The maximum Gasteiger partial charge on any atom is 0.474 e. The summed E-state index contributed by atoms with van der Waals surface area (Å²) < 4.78 is 16.2. The van der Waals surface area contributed by atoms with Crippen molar-refractivity contribution in [3.63, 3.8) is 0 Å². The van der Waals surface area contributed by atoms with Crippen LogP contribution < -0.4 is 4.68 Å². The van der Waals surface area contributed by atoms with Crippen LogP contribution in [0.3, 0.4) is 0 Å². The third kappa shape index (κ3) is 2.84. The molecule has 0 unspecified atom stereocenters. The summed E-state index contributed by atoms with van der Waals surface area (Å²) in [6.45, 7) is -0.283. The van der Waals surface area contributed by atoms with Gasteiger partial charge >= 0.3 is 7.82 Å². The third-order valence-corrected chi connectivity index (χ3v) is 2.41. The number of rotatable bonds is 3. The van der Waals surface area contributed by atoms with Crippen molar-refractivity contribution >= 4 is 18.7 Å². The summed E-state index contributed by atoms with van der Waals surface area (Å²) in [5.41, 5.74) is 0.735. The zero-order chi connectivity index (χ0) is 11.6. The summed E-state index contributed by atoms with van der Waals surface area (Å²) in [5.74, 6) is 0. The molecule has 0 saturated carbocycles. The van der Waals surface area contributed by atoms with Gasteiger partial charge in [0.15, 0.2) is 6.20 Å². The number of benzene rings is 1. The van der Waals surface area contributed by atoms with E-state index in [4.69, 9.17) is 9.79 Å². The Labute approximate surface area is 91.3 Å². The lowest BCUT2D eigenvalue weighted by Gasteiger charge is -2.00. The number of hydrogen-bond acceptors (Lipinski definition) is 3. The zero-order valence-corrected chi connectivity index (χ0v) is 9.12. The molecule has 0 aliphatic rings. The van der Waals surface area contributed by atoms with E-state index < -0.39 is 7.82 Å². The van der Waals surface area contributed by atoms with Gasteiger partial charge in [0.2, 0.25) is 0 Å². The smallest absolute Gasteiger partial charge is 0.303 e. The Bertz CT molecular complexity index is 554. The molecule has 6 nitrogen and oxygen atoms in total. The van der Waals surface area contributed by atoms with Crippen molar-refractivity contribution in [3.05, 3.63) is 36.5 Å². The fourth-order valence-corrected chi connectivity index (χ4v) is 1.53. The number of hydrogen-bond donors (Lipinski definition) is 2. The van der Waals surface area contributed by atoms with E-state index in [2.05, 4.69) is 9.62 Å². The number of fused-ring (bicyclic) bond motifs is 1. The van der Waals surface area contributed by atoms with Crippen LogP contribution in [0.2, 0.25) is 0 Å². The quantitative estimate of drug-likeness (QED) is 0.607.